The van der Waals surface area contributed by atoms with Gasteiger partial charge in [0.2, 0.25) is 0 Å². The van der Waals surface area contributed by atoms with E-state index in [1.165, 1.54) is 0 Å². The Morgan fingerprint density at radius 1 is 0.895 bits per heavy atom. The SMILES string of the molecule is CCC1(C(C)OOOC(C)C2(CC)CCO2)CCO1. The van der Waals surface area contributed by atoms with Crippen LogP contribution < -0.4 is 0 Å². The van der Waals surface area contributed by atoms with E-state index in [0.29, 0.717) is 0 Å². The molecule has 2 heterocycles. The van der Waals surface area contributed by atoms with Gasteiger partial charge in [-0.2, -0.15) is 0 Å². The summed E-state index contributed by atoms with van der Waals surface area (Å²) in [6.07, 6.45) is 3.55. The molecule has 2 rings (SSSR count). The summed E-state index contributed by atoms with van der Waals surface area (Å²) in [5.41, 5.74) is -0.413. The van der Waals surface area contributed by atoms with Gasteiger partial charge in [0.15, 0.2) is 0 Å². The average molecular weight is 274 g/mol. The first kappa shape index (κ1) is 15.2. The Balaban J connectivity index is 1.71. The van der Waals surface area contributed by atoms with Crippen LogP contribution >= 0.6 is 0 Å². The van der Waals surface area contributed by atoms with Crippen molar-refractivity contribution in [3.63, 3.8) is 0 Å². The minimum atomic E-state index is -0.206. The molecular weight excluding hydrogens is 248 g/mol. The van der Waals surface area contributed by atoms with Crippen molar-refractivity contribution in [2.24, 2.45) is 0 Å². The minimum absolute atomic E-state index is 0.140. The third kappa shape index (κ3) is 2.81. The van der Waals surface area contributed by atoms with Gasteiger partial charge in [-0.1, -0.05) is 18.9 Å². The second-order valence-electron chi connectivity index (χ2n) is 5.58. The van der Waals surface area contributed by atoms with Crippen LogP contribution in [-0.4, -0.2) is 36.6 Å². The van der Waals surface area contributed by atoms with E-state index in [1.54, 1.807) is 0 Å². The van der Waals surface area contributed by atoms with Crippen molar-refractivity contribution >= 4 is 0 Å². The first-order valence-electron chi connectivity index (χ1n) is 7.35. The van der Waals surface area contributed by atoms with Gasteiger partial charge in [-0.3, -0.25) is 0 Å². The van der Waals surface area contributed by atoms with E-state index in [0.717, 1.165) is 38.9 Å². The van der Waals surface area contributed by atoms with E-state index in [4.69, 9.17) is 24.3 Å². The molecule has 5 nitrogen and oxygen atoms in total. The lowest BCUT2D eigenvalue weighted by atomic mass is 9.87. The van der Waals surface area contributed by atoms with Crippen LogP contribution in [0.3, 0.4) is 0 Å². The maximum atomic E-state index is 5.62. The smallest absolute Gasteiger partial charge is 0.122 e. The standard InChI is InChI=1S/C14H26O5/c1-5-13(7-9-15-13)11(3)17-19-18-12(4)14(6-2)8-10-16-14/h11-12H,5-10H2,1-4H3. The molecule has 0 N–H and O–H groups in total. The van der Waals surface area contributed by atoms with E-state index < -0.39 is 0 Å². The predicted molar refractivity (Wildman–Crippen MR) is 69.4 cm³/mol. The molecule has 5 heteroatoms. The normalized spacial score (nSPS) is 37.3. The summed E-state index contributed by atoms with van der Waals surface area (Å²) >= 11 is 0. The Kier molecular flexibility index (Phi) is 4.84. The maximum Gasteiger partial charge on any atom is 0.122 e. The molecule has 2 fully saturated rings. The third-order valence-electron chi connectivity index (χ3n) is 4.88. The van der Waals surface area contributed by atoms with Gasteiger partial charge in [-0.05, 0) is 26.7 Å². The topological polar surface area (TPSA) is 46.2 Å². The zero-order valence-corrected chi connectivity index (χ0v) is 12.4. The Morgan fingerprint density at radius 3 is 1.47 bits per heavy atom. The van der Waals surface area contributed by atoms with Gasteiger partial charge in [-0.25, -0.2) is 9.78 Å². The monoisotopic (exact) mass is 274 g/mol. The molecule has 4 unspecified atom stereocenters. The molecule has 4 atom stereocenters. The Bertz CT molecular complexity index is 247. The first-order valence-corrected chi connectivity index (χ1v) is 7.35. The third-order valence-corrected chi connectivity index (χ3v) is 4.88. The van der Waals surface area contributed by atoms with Gasteiger partial charge in [0.25, 0.3) is 0 Å². The summed E-state index contributed by atoms with van der Waals surface area (Å²) in [5.74, 6) is 0. The fourth-order valence-corrected chi connectivity index (χ4v) is 2.82. The van der Waals surface area contributed by atoms with Crippen LogP contribution in [0.2, 0.25) is 0 Å². The van der Waals surface area contributed by atoms with Gasteiger partial charge in [0, 0.05) is 12.8 Å². The molecule has 0 spiro atoms. The van der Waals surface area contributed by atoms with Crippen molar-refractivity contribution in [1.82, 2.24) is 0 Å². The summed E-state index contributed by atoms with van der Waals surface area (Å²) in [6.45, 7) is 9.68. The molecule has 0 bridgehead atoms. The van der Waals surface area contributed by atoms with Crippen molar-refractivity contribution in [1.29, 1.82) is 0 Å². The number of hydrogen-bond acceptors (Lipinski definition) is 5. The molecule has 0 radical (unpaired) electrons. The lowest BCUT2D eigenvalue weighted by Crippen LogP contribution is -2.54. The van der Waals surface area contributed by atoms with Crippen LogP contribution in [-0.2, 0) is 24.3 Å². The largest absolute Gasteiger partial charge is 0.372 e. The molecule has 0 amide bonds. The van der Waals surface area contributed by atoms with Crippen LogP contribution in [0.15, 0.2) is 0 Å². The highest BCUT2D eigenvalue weighted by Crippen LogP contribution is 2.37. The average Bonchev–Trinajstić information content (AvgIpc) is 2.27. The van der Waals surface area contributed by atoms with E-state index in [9.17, 15) is 0 Å². The van der Waals surface area contributed by atoms with Crippen molar-refractivity contribution in [3.8, 4) is 0 Å². The summed E-state index contributed by atoms with van der Waals surface area (Å²) in [7, 11) is 0. The van der Waals surface area contributed by atoms with Crippen molar-refractivity contribution in [3.05, 3.63) is 0 Å². The molecule has 2 saturated heterocycles. The molecule has 2 aliphatic rings. The zero-order chi connectivity index (χ0) is 13.9. The number of rotatable bonds is 8. The number of ether oxygens (including phenoxy) is 2. The molecule has 2 aliphatic heterocycles. The van der Waals surface area contributed by atoms with E-state index in [1.807, 2.05) is 13.8 Å². The molecule has 0 aromatic heterocycles. The lowest BCUT2D eigenvalue weighted by molar-refractivity contribution is -0.557. The van der Waals surface area contributed by atoms with E-state index in [-0.39, 0.29) is 23.4 Å². The predicted octanol–water partition coefficient (Wildman–Crippen LogP) is 2.78. The van der Waals surface area contributed by atoms with Gasteiger partial charge >= 0.3 is 0 Å². The molecule has 0 saturated carbocycles. The second-order valence-corrected chi connectivity index (χ2v) is 5.58. The Hall–Kier alpha value is -0.200. The Morgan fingerprint density at radius 2 is 1.26 bits per heavy atom. The quantitative estimate of drug-likeness (QED) is 0.503. The van der Waals surface area contributed by atoms with Gasteiger partial charge in [0.05, 0.1) is 24.4 Å². The molecule has 19 heavy (non-hydrogen) atoms. The Labute approximate surface area is 115 Å². The summed E-state index contributed by atoms with van der Waals surface area (Å²) < 4.78 is 11.2. The molecule has 112 valence electrons. The van der Waals surface area contributed by atoms with Crippen molar-refractivity contribution in [2.45, 2.75) is 76.8 Å². The fourth-order valence-electron chi connectivity index (χ4n) is 2.82. The number of hydrogen-bond donors (Lipinski definition) is 0. The molecule has 0 aliphatic carbocycles. The van der Waals surface area contributed by atoms with E-state index >= 15 is 0 Å². The van der Waals surface area contributed by atoms with Gasteiger partial charge in [0.1, 0.15) is 12.2 Å². The highest BCUT2D eigenvalue weighted by atomic mass is 17.5. The van der Waals surface area contributed by atoms with Crippen molar-refractivity contribution in [2.75, 3.05) is 13.2 Å². The van der Waals surface area contributed by atoms with Crippen LogP contribution in [0.25, 0.3) is 0 Å². The zero-order valence-electron chi connectivity index (χ0n) is 12.4. The van der Waals surface area contributed by atoms with Crippen LogP contribution in [0.5, 0.6) is 0 Å². The van der Waals surface area contributed by atoms with Gasteiger partial charge in [-0.15, -0.1) is 0 Å². The van der Waals surface area contributed by atoms with E-state index in [2.05, 4.69) is 13.8 Å². The van der Waals surface area contributed by atoms with Crippen LogP contribution in [0, 0.1) is 0 Å². The molecule has 0 aromatic carbocycles. The highest BCUT2D eigenvalue weighted by Gasteiger charge is 2.45. The summed E-state index contributed by atoms with van der Waals surface area (Å²) in [5, 5.41) is 4.96. The van der Waals surface area contributed by atoms with Crippen LogP contribution in [0.4, 0.5) is 0 Å². The molecule has 0 aromatic rings. The van der Waals surface area contributed by atoms with Crippen LogP contribution in [0.1, 0.15) is 53.4 Å². The summed E-state index contributed by atoms with van der Waals surface area (Å²) in [6, 6.07) is 0. The fraction of sp³-hybridized carbons (Fsp3) is 1.00. The van der Waals surface area contributed by atoms with Gasteiger partial charge < -0.3 is 9.47 Å². The second kappa shape index (κ2) is 6.06. The first-order chi connectivity index (χ1) is 9.08. The maximum absolute atomic E-state index is 5.62. The minimum Gasteiger partial charge on any atom is -0.372 e. The van der Waals surface area contributed by atoms with Crippen molar-refractivity contribution < 1.29 is 24.3 Å². The highest BCUT2D eigenvalue weighted by molar-refractivity contribution is 4.92. The lowest BCUT2D eigenvalue weighted by Gasteiger charge is -2.45. The molecular formula is C14H26O5. The summed E-state index contributed by atoms with van der Waals surface area (Å²) in [4.78, 5) is 10.6.